The number of hydrogen-bond donors (Lipinski definition) is 0. The molecule has 0 amide bonds. The molecule has 0 aromatic heterocycles. The summed E-state index contributed by atoms with van der Waals surface area (Å²) in [6, 6.07) is 0. The van der Waals surface area contributed by atoms with Crippen LogP contribution in [0.25, 0.3) is 0 Å². The predicted molar refractivity (Wildman–Crippen MR) is 168 cm³/mol. The topological polar surface area (TPSA) is 0 Å². The summed E-state index contributed by atoms with van der Waals surface area (Å²) in [6.45, 7) is 30.9. The van der Waals surface area contributed by atoms with Crippen molar-refractivity contribution in [1.82, 2.24) is 0 Å². The molecule has 0 heteroatoms. The summed E-state index contributed by atoms with van der Waals surface area (Å²) in [5, 5.41) is 0. The van der Waals surface area contributed by atoms with E-state index in [0.29, 0.717) is 0 Å². The highest BCUT2D eigenvalue weighted by atomic mass is 14.1. The van der Waals surface area contributed by atoms with Gasteiger partial charge in [0.25, 0.3) is 0 Å². The fourth-order valence-electron chi connectivity index (χ4n) is 3.02. The van der Waals surface area contributed by atoms with E-state index in [9.17, 15) is 0 Å². The molecule has 1 aliphatic rings. The van der Waals surface area contributed by atoms with Gasteiger partial charge in [0.2, 0.25) is 0 Å². The number of allylic oxidation sites excluding steroid dienone is 3. The van der Waals surface area contributed by atoms with Crippen LogP contribution in [-0.4, -0.2) is 0 Å². The molecule has 1 aliphatic carbocycles. The average molecular weight is 493 g/mol. The fourth-order valence-corrected chi connectivity index (χ4v) is 3.02. The van der Waals surface area contributed by atoms with Gasteiger partial charge in [-0.1, -0.05) is 154 Å². The van der Waals surface area contributed by atoms with Gasteiger partial charge in [-0.05, 0) is 67.4 Å². The molecule has 0 saturated heterocycles. The first-order valence-corrected chi connectivity index (χ1v) is 15.7. The van der Waals surface area contributed by atoms with Crippen LogP contribution in [0.5, 0.6) is 0 Å². The van der Waals surface area contributed by atoms with E-state index in [2.05, 4.69) is 101 Å². The molecule has 1 rings (SSSR count). The monoisotopic (exact) mass is 493 g/mol. The van der Waals surface area contributed by atoms with Gasteiger partial charge in [-0.15, -0.1) is 5.73 Å². The molecule has 1 unspecified atom stereocenters. The lowest BCUT2D eigenvalue weighted by molar-refractivity contribution is 0.441. The molecule has 0 radical (unpaired) electrons. The zero-order valence-electron chi connectivity index (χ0n) is 27.4. The standard InChI is InChI=1S/C13H22.C9H20.C6H12.C5H12.C2H6/c1-5-12(4)10-8-9-11-13(6-2)7-3;1-5-9(4)7-6-8(2)3;1-6-4-2-3-5-6;1-4-5(2)3;1-2/h8-9,11,13H,5-7H2,1-4H3;8-9H,5-7H2,1-4H3;6H,2-5H2,1H3;5H,4H2,1-3H3;1-2H3. The van der Waals surface area contributed by atoms with Gasteiger partial charge in [-0.2, -0.15) is 0 Å². The Morgan fingerprint density at radius 1 is 0.771 bits per heavy atom. The molecule has 1 atom stereocenters. The van der Waals surface area contributed by atoms with E-state index in [0.717, 1.165) is 36.0 Å². The van der Waals surface area contributed by atoms with Crippen molar-refractivity contribution < 1.29 is 0 Å². The van der Waals surface area contributed by atoms with E-state index >= 15 is 0 Å². The third-order valence-corrected chi connectivity index (χ3v) is 6.78. The van der Waals surface area contributed by atoms with Crippen LogP contribution in [0.2, 0.25) is 0 Å². The van der Waals surface area contributed by atoms with Gasteiger partial charge in [0.15, 0.2) is 0 Å². The molecule has 1 saturated carbocycles. The molecule has 0 N–H and O–H groups in total. The van der Waals surface area contributed by atoms with Crippen molar-refractivity contribution in [3.05, 3.63) is 29.5 Å². The van der Waals surface area contributed by atoms with Crippen molar-refractivity contribution >= 4 is 0 Å². The van der Waals surface area contributed by atoms with Crippen LogP contribution in [0.1, 0.15) is 168 Å². The molecular weight excluding hydrogens is 420 g/mol. The summed E-state index contributed by atoms with van der Waals surface area (Å²) >= 11 is 0. The van der Waals surface area contributed by atoms with Crippen molar-refractivity contribution in [2.45, 2.75) is 168 Å². The summed E-state index contributed by atoms with van der Waals surface area (Å²) in [5.74, 6) is 4.49. The average Bonchev–Trinajstić information content (AvgIpc) is 3.35. The highest BCUT2D eigenvalue weighted by molar-refractivity contribution is 5.07. The lowest BCUT2D eigenvalue weighted by Crippen LogP contribution is -1.95. The zero-order valence-corrected chi connectivity index (χ0v) is 27.4. The maximum absolute atomic E-state index is 3.24. The van der Waals surface area contributed by atoms with Gasteiger partial charge >= 0.3 is 0 Å². The van der Waals surface area contributed by atoms with Crippen LogP contribution in [0.15, 0.2) is 29.5 Å². The Bertz CT molecular complexity index is 448. The summed E-state index contributed by atoms with van der Waals surface area (Å²) in [6.07, 6.45) is 21.4. The molecule has 0 aliphatic heterocycles. The van der Waals surface area contributed by atoms with Crippen molar-refractivity contribution in [3.63, 3.8) is 0 Å². The van der Waals surface area contributed by atoms with Gasteiger partial charge < -0.3 is 0 Å². The van der Waals surface area contributed by atoms with Crippen molar-refractivity contribution in [3.8, 4) is 0 Å². The van der Waals surface area contributed by atoms with E-state index in [4.69, 9.17) is 0 Å². The van der Waals surface area contributed by atoms with E-state index in [1.165, 1.54) is 69.8 Å². The van der Waals surface area contributed by atoms with Crippen molar-refractivity contribution in [1.29, 1.82) is 0 Å². The Morgan fingerprint density at radius 3 is 1.54 bits per heavy atom. The largest absolute Gasteiger partial charge is 0.122 e. The Kier molecular flexibility index (Phi) is 39.3. The van der Waals surface area contributed by atoms with Crippen LogP contribution in [0, 0.1) is 29.6 Å². The van der Waals surface area contributed by atoms with Crippen LogP contribution in [0.4, 0.5) is 0 Å². The number of hydrogen-bond acceptors (Lipinski definition) is 0. The summed E-state index contributed by atoms with van der Waals surface area (Å²) < 4.78 is 0. The van der Waals surface area contributed by atoms with E-state index in [1.807, 2.05) is 19.9 Å². The quantitative estimate of drug-likeness (QED) is 0.210. The second-order valence-electron chi connectivity index (χ2n) is 11.1. The smallest absolute Gasteiger partial charge is 0.0203 e. The first-order valence-electron chi connectivity index (χ1n) is 15.7. The minimum absolute atomic E-state index is 0.736. The molecule has 0 spiro atoms. The molecule has 0 bridgehead atoms. The fraction of sp³-hybridized carbons (Fsp3) is 0.857. The lowest BCUT2D eigenvalue weighted by Gasteiger charge is -2.09. The zero-order chi connectivity index (χ0) is 28.1. The van der Waals surface area contributed by atoms with Gasteiger partial charge in [0.05, 0.1) is 0 Å². The Balaban J connectivity index is -0.000000190. The SMILES string of the molecule is CC.CC1CCCC1.CCC(C)=C=CC=CC(CC)CC.CCC(C)C.CCC(C)CCC(C)C. The summed E-state index contributed by atoms with van der Waals surface area (Å²) in [4.78, 5) is 0. The molecule has 0 heterocycles. The van der Waals surface area contributed by atoms with Crippen LogP contribution < -0.4 is 0 Å². The van der Waals surface area contributed by atoms with Gasteiger partial charge in [0.1, 0.15) is 0 Å². The minimum Gasteiger partial charge on any atom is -0.122 e. The Hall–Kier alpha value is -0.740. The molecule has 0 nitrogen and oxygen atoms in total. The molecule has 0 aromatic rings. The third-order valence-electron chi connectivity index (χ3n) is 6.78. The van der Waals surface area contributed by atoms with Crippen LogP contribution in [-0.2, 0) is 0 Å². The summed E-state index contributed by atoms with van der Waals surface area (Å²) in [7, 11) is 0. The predicted octanol–water partition coefficient (Wildman–Crippen LogP) is 13.2. The van der Waals surface area contributed by atoms with Gasteiger partial charge in [-0.25, -0.2) is 0 Å². The second-order valence-corrected chi connectivity index (χ2v) is 11.1. The summed E-state index contributed by atoms with van der Waals surface area (Å²) in [5.41, 5.74) is 4.55. The first-order chi connectivity index (χ1) is 16.6. The van der Waals surface area contributed by atoms with Crippen molar-refractivity contribution in [2.75, 3.05) is 0 Å². The maximum atomic E-state index is 3.24. The van der Waals surface area contributed by atoms with Crippen molar-refractivity contribution in [2.24, 2.45) is 29.6 Å². The van der Waals surface area contributed by atoms with Crippen LogP contribution >= 0.6 is 0 Å². The highest BCUT2D eigenvalue weighted by Crippen LogP contribution is 2.23. The van der Waals surface area contributed by atoms with E-state index in [1.54, 1.807) is 0 Å². The molecule has 1 fully saturated rings. The Morgan fingerprint density at radius 2 is 1.26 bits per heavy atom. The third kappa shape index (κ3) is 40.7. The minimum atomic E-state index is 0.736. The van der Waals surface area contributed by atoms with E-state index in [-0.39, 0.29) is 0 Å². The molecule has 0 aromatic carbocycles. The maximum Gasteiger partial charge on any atom is -0.0203 e. The van der Waals surface area contributed by atoms with Gasteiger partial charge in [-0.3, -0.25) is 0 Å². The first kappa shape index (κ1) is 41.4. The van der Waals surface area contributed by atoms with Gasteiger partial charge in [0, 0.05) is 0 Å². The van der Waals surface area contributed by atoms with E-state index < -0.39 is 0 Å². The lowest BCUT2D eigenvalue weighted by atomic mass is 9.98. The molecule has 35 heavy (non-hydrogen) atoms. The number of rotatable bonds is 10. The Labute approximate surface area is 226 Å². The second kappa shape index (κ2) is 33.3. The highest BCUT2D eigenvalue weighted by Gasteiger charge is 2.07. The normalized spacial score (nSPS) is 13.5. The molecular formula is C35H72. The van der Waals surface area contributed by atoms with Crippen LogP contribution in [0.3, 0.4) is 0 Å². The molecule has 212 valence electrons.